The van der Waals surface area contributed by atoms with E-state index in [0.717, 1.165) is 10.9 Å². The number of rotatable bonds is 4. The van der Waals surface area contributed by atoms with E-state index in [1.165, 1.54) is 0 Å². The van der Waals surface area contributed by atoms with Crippen molar-refractivity contribution in [3.63, 3.8) is 0 Å². The second-order valence-electron chi connectivity index (χ2n) is 3.83. The van der Waals surface area contributed by atoms with Crippen LogP contribution in [-0.4, -0.2) is 30.0 Å². The number of ether oxygens (including phenoxy) is 1. The molecule has 2 N–H and O–H groups in total. The van der Waals surface area contributed by atoms with Crippen LogP contribution in [0.25, 0.3) is 10.9 Å². The molecule has 0 unspecified atom stereocenters. The molecular formula is C14H12N2O3. The molecule has 0 radical (unpaired) electrons. The molecule has 1 aromatic heterocycles. The highest BCUT2D eigenvalue weighted by atomic mass is 16.5. The number of nitrogens with one attached hydrogen (secondary N) is 2. The lowest BCUT2D eigenvalue weighted by Gasteiger charge is -2.02. The summed E-state index contributed by atoms with van der Waals surface area (Å²) in [6, 6.07) is 9.14. The molecule has 0 atom stereocenters. The smallest absolute Gasteiger partial charge is 0.355 e. The first-order valence-electron chi connectivity index (χ1n) is 5.66. The number of aromatic nitrogens is 1. The first-order chi connectivity index (χ1) is 9.20. The van der Waals surface area contributed by atoms with Crippen LogP contribution in [0.5, 0.6) is 0 Å². The summed E-state index contributed by atoms with van der Waals surface area (Å²) in [6.45, 7) is -0.237. The summed E-state index contributed by atoms with van der Waals surface area (Å²) < 4.78 is 4.87. The summed E-state index contributed by atoms with van der Waals surface area (Å²) in [5.74, 6) is 1.25. The fourth-order valence-corrected chi connectivity index (χ4v) is 1.59. The average molecular weight is 256 g/mol. The van der Waals surface area contributed by atoms with Crippen molar-refractivity contribution in [2.24, 2.45) is 0 Å². The fourth-order valence-electron chi connectivity index (χ4n) is 1.59. The van der Waals surface area contributed by atoms with Gasteiger partial charge in [0.2, 0.25) is 0 Å². The minimum absolute atomic E-state index is 0.114. The molecule has 0 bridgehead atoms. The molecule has 1 aromatic carbocycles. The van der Waals surface area contributed by atoms with E-state index in [-0.39, 0.29) is 13.2 Å². The van der Waals surface area contributed by atoms with Crippen LogP contribution < -0.4 is 5.32 Å². The Morgan fingerprint density at radius 2 is 2.16 bits per heavy atom. The number of benzene rings is 1. The molecule has 0 saturated carbocycles. The lowest BCUT2D eigenvalue weighted by atomic mass is 10.2. The zero-order valence-electron chi connectivity index (χ0n) is 10.1. The van der Waals surface area contributed by atoms with Gasteiger partial charge < -0.3 is 15.0 Å². The number of para-hydroxylation sites is 1. The maximum absolute atomic E-state index is 11.7. The van der Waals surface area contributed by atoms with Gasteiger partial charge in [-0.05, 0) is 12.1 Å². The molecule has 0 fully saturated rings. The Hall–Kier alpha value is -2.74. The minimum Gasteiger partial charge on any atom is -0.451 e. The molecule has 96 valence electrons. The number of amides is 1. The van der Waals surface area contributed by atoms with Gasteiger partial charge >= 0.3 is 5.97 Å². The maximum atomic E-state index is 11.7. The number of aromatic amines is 1. The number of fused-ring (bicyclic) bond motifs is 1. The van der Waals surface area contributed by atoms with Crippen molar-refractivity contribution in [3.05, 3.63) is 36.0 Å². The van der Waals surface area contributed by atoms with Gasteiger partial charge in [-0.15, -0.1) is 6.42 Å². The molecule has 0 aliphatic rings. The summed E-state index contributed by atoms with van der Waals surface area (Å²) in [6.07, 6.45) is 4.99. The highest BCUT2D eigenvalue weighted by molar-refractivity contribution is 5.95. The molecule has 2 aromatic rings. The molecule has 0 aliphatic carbocycles. The number of carbonyl (C=O) groups excluding carboxylic acids is 2. The van der Waals surface area contributed by atoms with E-state index >= 15 is 0 Å². The lowest BCUT2D eigenvalue weighted by molar-refractivity contribution is -0.123. The van der Waals surface area contributed by atoms with Crippen molar-refractivity contribution in [3.8, 4) is 12.3 Å². The first-order valence-corrected chi connectivity index (χ1v) is 5.66. The maximum Gasteiger partial charge on any atom is 0.355 e. The highest BCUT2D eigenvalue weighted by Gasteiger charge is 2.12. The van der Waals surface area contributed by atoms with Crippen LogP contribution in [-0.2, 0) is 9.53 Å². The van der Waals surface area contributed by atoms with Crippen LogP contribution in [0, 0.1) is 12.3 Å². The van der Waals surface area contributed by atoms with E-state index in [4.69, 9.17) is 11.2 Å². The molecule has 1 amide bonds. The van der Waals surface area contributed by atoms with Gasteiger partial charge in [0.05, 0.1) is 6.54 Å². The molecule has 2 rings (SSSR count). The Labute approximate surface area is 109 Å². The highest BCUT2D eigenvalue weighted by Crippen LogP contribution is 2.15. The van der Waals surface area contributed by atoms with Gasteiger partial charge in [0.15, 0.2) is 6.61 Å². The monoisotopic (exact) mass is 256 g/mol. The zero-order chi connectivity index (χ0) is 13.7. The Morgan fingerprint density at radius 1 is 1.37 bits per heavy atom. The second-order valence-corrected chi connectivity index (χ2v) is 3.83. The molecule has 0 aliphatic heterocycles. The second kappa shape index (κ2) is 5.74. The number of terminal acetylenes is 1. The van der Waals surface area contributed by atoms with Gasteiger partial charge in [-0.2, -0.15) is 0 Å². The number of hydrogen-bond donors (Lipinski definition) is 2. The fraction of sp³-hybridized carbons (Fsp3) is 0.143. The van der Waals surface area contributed by atoms with Crippen molar-refractivity contribution in [1.82, 2.24) is 10.3 Å². The topological polar surface area (TPSA) is 71.2 Å². The first kappa shape index (κ1) is 12.7. The van der Waals surface area contributed by atoms with Crippen molar-refractivity contribution >= 4 is 22.8 Å². The van der Waals surface area contributed by atoms with Crippen LogP contribution in [0.4, 0.5) is 0 Å². The molecule has 0 spiro atoms. The van der Waals surface area contributed by atoms with E-state index in [1.807, 2.05) is 24.3 Å². The number of carbonyl (C=O) groups is 2. The Morgan fingerprint density at radius 3 is 2.89 bits per heavy atom. The third-order valence-electron chi connectivity index (χ3n) is 2.47. The van der Waals surface area contributed by atoms with Crippen LogP contribution in [0.3, 0.4) is 0 Å². The van der Waals surface area contributed by atoms with E-state index < -0.39 is 11.9 Å². The van der Waals surface area contributed by atoms with Crippen molar-refractivity contribution in [2.75, 3.05) is 13.2 Å². The molecule has 5 heteroatoms. The standard InChI is InChI=1S/C14H12N2O3/c1-2-7-15-13(17)9-19-14(18)12-8-10-5-3-4-6-11(10)16-12/h1,3-6,8,16H,7,9H2,(H,15,17). The van der Waals surface area contributed by atoms with Gasteiger partial charge in [0.25, 0.3) is 5.91 Å². The van der Waals surface area contributed by atoms with Crippen molar-refractivity contribution in [1.29, 1.82) is 0 Å². The Kier molecular flexibility index (Phi) is 3.84. The summed E-state index contributed by atoms with van der Waals surface area (Å²) in [5, 5.41) is 3.31. The number of esters is 1. The summed E-state index contributed by atoms with van der Waals surface area (Å²) in [7, 11) is 0. The Balaban J connectivity index is 1.96. The summed E-state index contributed by atoms with van der Waals surface area (Å²) in [5.41, 5.74) is 1.15. The van der Waals surface area contributed by atoms with E-state index in [2.05, 4.69) is 16.2 Å². The molecule has 19 heavy (non-hydrogen) atoms. The molecular weight excluding hydrogens is 244 g/mol. The largest absolute Gasteiger partial charge is 0.451 e. The third-order valence-corrected chi connectivity index (χ3v) is 2.47. The molecule has 0 saturated heterocycles. The van der Waals surface area contributed by atoms with Crippen molar-refractivity contribution in [2.45, 2.75) is 0 Å². The zero-order valence-corrected chi connectivity index (χ0v) is 10.1. The van der Waals surface area contributed by atoms with Gasteiger partial charge in [0.1, 0.15) is 5.69 Å². The number of H-pyrrole nitrogens is 1. The van der Waals surface area contributed by atoms with Crippen LogP contribution in [0.15, 0.2) is 30.3 Å². The average Bonchev–Trinajstić information content (AvgIpc) is 2.86. The van der Waals surface area contributed by atoms with Gasteiger partial charge in [-0.1, -0.05) is 24.1 Å². The van der Waals surface area contributed by atoms with Crippen LogP contribution in [0.1, 0.15) is 10.5 Å². The molecule has 5 nitrogen and oxygen atoms in total. The minimum atomic E-state index is -0.577. The van der Waals surface area contributed by atoms with Gasteiger partial charge in [-0.25, -0.2) is 4.79 Å². The van der Waals surface area contributed by atoms with Crippen LogP contribution >= 0.6 is 0 Å². The van der Waals surface area contributed by atoms with Crippen LogP contribution in [0.2, 0.25) is 0 Å². The Bertz CT molecular complexity index is 619. The van der Waals surface area contributed by atoms with E-state index in [0.29, 0.717) is 5.69 Å². The lowest BCUT2D eigenvalue weighted by Crippen LogP contribution is -2.29. The van der Waals surface area contributed by atoms with Gasteiger partial charge in [0, 0.05) is 10.9 Å². The predicted molar refractivity (Wildman–Crippen MR) is 70.4 cm³/mol. The van der Waals surface area contributed by atoms with E-state index in [1.54, 1.807) is 6.07 Å². The summed E-state index contributed by atoms with van der Waals surface area (Å²) >= 11 is 0. The predicted octanol–water partition coefficient (Wildman–Crippen LogP) is 1.07. The normalized spacial score (nSPS) is 9.84. The number of hydrogen-bond acceptors (Lipinski definition) is 3. The third kappa shape index (κ3) is 3.13. The molecule has 1 heterocycles. The SMILES string of the molecule is C#CCNC(=O)COC(=O)c1cc2ccccc2[nH]1. The summed E-state index contributed by atoms with van der Waals surface area (Å²) in [4.78, 5) is 25.9. The van der Waals surface area contributed by atoms with Gasteiger partial charge in [-0.3, -0.25) is 4.79 Å². The van der Waals surface area contributed by atoms with E-state index in [9.17, 15) is 9.59 Å². The quantitative estimate of drug-likeness (QED) is 0.635. The van der Waals surface area contributed by atoms with Crippen molar-refractivity contribution < 1.29 is 14.3 Å².